The minimum atomic E-state index is -4.94. The third kappa shape index (κ3) is 4.58. The maximum absolute atomic E-state index is 14.3. The zero-order valence-electron chi connectivity index (χ0n) is 17.0. The summed E-state index contributed by atoms with van der Waals surface area (Å²) in [6.45, 7) is 1.87. The van der Waals surface area contributed by atoms with E-state index in [1.54, 1.807) is 30.3 Å². The van der Waals surface area contributed by atoms with E-state index in [4.69, 9.17) is 5.11 Å². The van der Waals surface area contributed by atoms with Crippen LogP contribution in [0.15, 0.2) is 42.0 Å². The Labute approximate surface area is 178 Å². The first-order valence-electron chi connectivity index (χ1n) is 10.0. The number of Topliss-reactive ketones (excluding diaryl/α,β-unsaturated/α-hetero) is 1. The molecule has 164 valence electrons. The summed E-state index contributed by atoms with van der Waals surface area (Å²) < 4.78 is 42.8. The number of carbonyl (C=O) groups excluding carboxylic acids is 1. The summed E-state index contributed by atoms with van der Waals surface area (Å²) in [6, 6.07) is 11.4. The van der Waals surface area contributed by atoms with Gasteiger partial charge in [-0.1, -0.05) is 36.4 Å². The van der Waals surface area contributed by atoms with Crippen LogP contribution in [-0.4, -0.2) is 47.5 Å². The highest BCUT2D eigenvalue weighted by Gasteiger charge is 2.42. The number of fused-ring (bicyclic) bond motifs is 1. The van der Waals surface area contributed by atoms with Gasteiger partial charge in [-0.2, -0.15) is 18.4 Å². The lowest BCUT2D eigenvalue weighted by molar-refractivity contribution is -0.116. The summed E-state index contributed by atoms with van der Waals surface area (Å²) in [7, 11) is 0. The second-order valence-corrected chi connectivity index (χ2v) is 7.67. The quantitative estimate of drug-likeness (QED) is 0.511. The molecule has 0 saturated carbocycles. The van der Waals surface area contributed by atoms with Crippen LogP contribution >= 0.6 is 0 Å². The Balaban J connectivity index is 2.24. The number of nitriles is 1. The van der Waals surface area contributed by atoms with Crippen LogP contribution in [0.25, 0.3) is 16.3 Å². The van der Waals surface area contributed by atoms with Gasteiger partial charge in [-0.3, -0.25) is 4.79 Å². The van der Waals surface area contributed by atoms with Crippen molar-refractivity contribution < 1.29 is 28.2 Å². The van der Waals surface area contributed by atoms with Crippen LogP contribution in [0.3, 0.4) is 0 Å². The first-order valence-corrected chi connectivity index (χ1v) is 10.0. The Bertz CT molecular complexity index is 1060. The number of anilines is 1. The Hall–Kier alpha value is -2.89. The van der Waals surface area contributed by atoms with Crippen molar-refractivity contribution in [2.24, 2.45) is 0 Å². The smallest absolute Gasteiger partial charge is 0.394 e. The van der Waals surface area contributed by atoms with Gasteiger partial charge in [-0.25, -0.2) is 0 Å². The van der Waals surface area contributed by atoms with E-state index in [0.717, 1.165) is 11.8 Å². The van der Waals surface area contributed by atoms with Gasteiger partial charge in [0.2, 0.25) is 0 Å². The molecule has 3 rings (SSSR count). The summed E-state index contributed by atoms with van der Waals surface area (Å²) in [4.78, 5) is 14.4. The zero-order valence-corrected chi connectivity index (χ0v) is 17.0. The predicted octanol–water partition coefficient (Wildman–Crippen LogP) is 3.98. The number of nitrogens with zero attached hydrogens (tertiary/aromatic N) is 2. The largest absolute Gasteiger partial charge is 0.418 e. The van der Waals surface area contributed by atoms with E-state index in [-0.39, 0.29) is 18.0 Å². The van der Waals surface area contributed by atoms with Crippen molar-refractivity contribution in [1.29, 1.82) is 5.26 Å². The number of rotatable bonds is 7. The molecule has 0 bridgehead atoms. The topological polar surface area (TPSA) is 84.6 Å². The molecule has 1 saturated heterocycles. The highest BCUT2D eigenvalue weighted by molar-refractivity contribution is 6.10. The van der Waals surface area contributed by atoms with E-state index in [2.05, 4.69) is 0 Å². The van der Waals surface area contributed by atoms with Crippen LogP contribution in [0.1, 0.15) is 31.7 Å². The van der Waals surface area contributed by atoms with Crippen molar-refractivity contribution in [1.82, 2.24) is 0 Å². The number of ketones is 1. The second kappa shape index (κ2) is 9.08. The highest BCUT2D eigenvalue weighted by atomic mass is 19.4. The second-order valence-electron chi connectivity index (χ2n) is 7.67. The van der Waals surface area contributed by atoms with Crippen molar-refractivity contribution in [3.05, 3.63) is 47.5 Å². The maximum Gasteiger partial charge on any atom is 0.418 e. The number of allylic oxidation sites excluding steroid dienone is 2. The maximum atomic E-state index is 14.3. The molecule has 2 aromatic rings. The summed E-state index contributed by atoms with van der Waals surface area (Å²) in [6.07, 6.45) is -6.07. The van der Waals surface area contributed by atoms with Crippen LogP contribution in [0.4, 0.5) is 18.9 Å². The van der Waals surface area contributed by atoms with E-state index in [0.29, 0.717) is 17.6 Å². The molecule has 0 aliphatic carbocycles. The third-order valence-electron chi connectivity index (χ3n) is 5.62. The van der Waals surface area contributed by atoms with E-state index < -0.39 is 42.2 Å². The van der Waals surface area contributed by atoms with E-state index in [9.17, 15) is 28.3 Å². The Morgan fingerprint density at radius 1 is 1.29 bits per heavy atom. The number of halogens is 3. The summed E-state index contributed by atoms with van der Waals surface area (Å²) in [5.74, 6) is -1.02. The molecule has 0 aromatic heterocycles. The van der Waals surface area contributed by atoms with E-state index in [1.807, 2.05) is 11.8 Å². The van der Waals surface area contributed by atoms with Crippen molar-refractivity contribution in [2.45, 2.75) is 44.5 Å². The fraction of sp³-hybridized carbons (Fsp3) is 0.391. The molecule has 2 atom stereocenters. The standard InChI is InChI=1S/C23H23F3N2O3/c1-14-10-11-28(14)22-17-5-3-2-4-15(17)6-8-18(22)21(23(24,25)26)19(12-27)20(31)9-7-16(30)13-29/h2-6,8,14,16,29-30H,7,9-11,13H2,1H3/b21-19-. The molecule has 1 fully saturated rings. The van der Waals surface area contributed by atoms with Gasteiger partial charge in [-0.15, -0.1) is 0 Å². The minimum absolute atomic E-state index is 0.0278. The molecule has 0 amide bonds. The lowest BCUT2D eigenvalue weighted by atomic mass is 9.89. The first kappa shape index (κ1) is 22.8. The SMILES string of the molecule is CC1CCN1c1c(/C(=C(\C#N)C(=O)CCC(O)CO)C(F)(F)F)ccc2ccccc12. The Kier molecular flexibility index (Phi) is 6.68. The third-order valence-corrected chi connectivity index (χ3v) is 5.62. The van der Waals surface area contributed by atoms with Crippen LogP contribution < -0.4 is 4.90 Å². The lowest BCUT2D eigenvalue weighted by Gasteiger charge is -2.43. The summed E-state index contributed by atoms with van der Waals surface area (Å²) >= 11 is 0. The number of carbonyl (C=O) groups is 1. The van der Waals surface area contributed by atoms with Crippen LogP contribution in [0.2, 0.25) is 0 Å². The molecule has 2 unspecified atom stereocenters. The van der Waals surface area contributed by atoms with Gasteiger partial charge in [0, 0.05) is 30.0 Å². The fourth-order valence-corrected chi connectivity index (χ4v) is 3.82. The molecule has 31 heavy (non-hydrogen) atoms. The molecular formula is C23H23F3N2O3. The average molecular weight is 432 g/mol. The van der Waals surface area contributed by atoms with Gasteiger partial charge < -0.3 is 15.1 Å². The molecule has 0 radical (unpaired) electrons. The average Bonchev–Trinajstić information content (AvgIpc) is 2.74. The molecule has 2 N–H and O–H groups in total. The van der Waals surface area contributed by atoms with Crippen molar-refractivity contribution in [2.75, 3.05) is 18.1 Å². The van der Waals surface area contributed by atoms with E-state index >= 15 is 0 Å². The van der Waals surface area contributed by atoms with Gasteiger partial charge >= 0.3 is 6.18 Å². The number of hydrogen-bond donors (Lipinski definition) is 2. The van der Waals surface area contributed by atoms with Gasteiger partial charge in [0.15, 0.2) is 5.78 Å². The summed E-state index contributed by atoms with van der Waals surface area (Å²) in [5, 5.41) is 29.2. The highest BCUT2D eigenvalue weighted by Crippen LogP contribution is 2.45. The van der Waals surface area contributed by atoms with Crippen molar-refractivity contribution >= 4 is 27.8 Å². The fourth-order valence-electron chi connectivity index (χ4n) is 3.82. The van der Waals surface area contributed by atoms with Crippen LogP contribution in [0.5, 0.6) is 0 Å². The minimum Gasteiger partial charge on any atom is -0.394 e. The molecule has 0 spiro atoms. The molecule has 2 aromatic carbocycles. The molecule has 1 heterocycles. The summed E-state index contributed by atoms with van der Waals surface area (Å²) in [5.41, 5.74) is -2.09. The number of benzene rings is 2. The predicted molar refractivity (Wildman–Crippen MR) is 111 cm³/mol. The molecule has 1 aliphatic heterocycles. The van der Waals surface area contributed by atoms with Gasteiger partial charge in [0.25, 0.3) is 0 Å². The lowest BCUT2D eigenvalue weighted by Crippen LogP contribution is -2.46. The van der Waals surface area contributed by atoms with Gasteiger partial charge in [0.05, 0.1) is 24.0 Å². The number of hydrogen-bond acceptors (Lipinski definition) is 5. The molecule has 1 aliphatic rings. The van der Waals surface area contributed by atoms with Crippen LogP contribution in [-0.2, 0) is 4.79 Å². The van der Waals surface area contributed by atoms with Gasteiger partial charge in [0.1, 0.15) is 11.6 Å². The van der Waals surface area contributed by atoms with Crippen molar-refractivity contribution in [3.63, 3.8) is 0 Å². The van der Waals surface area contributed by atoms with E-state index in [1.165, 1.54) is 12.1 Å². The molecule has 5 nitrogen and oxygen atoms in total. The first-order chi connectivity index (χ1) is 14.7. The Morgan fingerprint density at radius 2 is 2.00 bits per heavy atom. The number of aliphatic hydroxyl groups excluding tert-OH is 2. The van der Waals surface area contributed by atoms with Crippen LogP contribution in [0, 0.1) is 11.3 Å². The zero-order chi connectivity index (χ0) is 22.8. The Morgan fingerprint density at radius 3 is 2.55 bits per heavy atom. The number of alkyl halides is 3. The normalized spacial score (nSPS) is 18.2. The van der Waals surface area contributed by atoms with Gasteiger partial charge in [-0.05, 0) is 25.2 Å². The number of aliphatic hydroxyl groups is 2. The monoisotopic (exact) mass is 432 g/mol. The molecule has 8 heteroatoms. The molecular weight excluding hydrogens is 409 g/mol. The van der Waals surface area contributed by atoms with Crippen molar-refractivity contribution in [3.8, 4) is 6.07 Å².